The quantitative estimate of drug-likeness (QED) is 0.256. The number of nitrogen functional groups attached to an aromatic ring is 2. The molecule has 2 aromatic heterocycles. The third-order valence-corrected chi connectivity index (χ3v) is 8.68. The monoisotopic (exact) mass is 559 g/mol. The maximum Gasteiger partial charge on any atom is 0.328 e. The molecule has 38 heavy (non-hydrogen) atoms. The Balaban J connectivity index is 0.000000368. The van der Waals surface area contributed by atoms with Crippen LogP contribution in [0.25, 0.3) is 0 Å². The fourth-order valence-electron chi connectivity index (χ4n) is 4.84. The Morgan fingerprint density at radius 2 is 1.76 bits per heavy atom. The molecule has 1 saturated carbocycles. The fourth-order valence-corrected chi connectivity index (χ4v) is 5.86. The number of nitrogens with zero attached hydrogens (tertiary/aromatic N) is 4. The van der Waals surface area contributed by atoms with Gasteiger partial charge in [0.25, 0.3) is 0 Å². The summed E-state index contributed by atoms with van der Waals surface area (Å²) in [6.07, 6.45) is 12.8. The summed E-state index contributed by atoms with van der Waals surface area (Å²) in [7, 11) is 0. The zero-order valence-corrected chi connectivity index (χ0v) is 22.2. The molecule has 1 atom stereocenters. The van der Waals surface area contributed by atoms with Crippen LogP contribution in [0.4, 0.5) is 17.5 Å². The van der Waals surface area contributed by atoms with E-state index in [4.69, 9.17) is 39.0 Å². The number of aliphatic carboxylic acids is 2. The van der Waals surface area contributed by atoms with Crippen LogP contribution in [0.15, 0.2) is 52.2 Å². The molecule has 1 unspecified atom stereocenters. The second kappa shape index (κ2) is 11.6. The Morgan fingerprint density at radius 1 is 1.11 bits per heavy atom. The topological polar surface area (TPSA) is 195 Å². The van der Waals surface area contributed by atoms with Crippen molar-refractivity contribution in [3.8, 4) is 0 Å². The Morgan fingerprint density at radius 3 is 2.34 bits per heavy atom. The van der Waals surface area contributed by atoms with E-state index in [1.165, 1.54) is 30.2 Å². The Labute approximate surface area is 229 Å². The van der Waals surface area contributed by atoms with Gasteiger partial charge in [-0.05, 0) is 49.5 Å². The van der Waals surface area contributed by atoms with E-state index in [9.17, 15) is 9.59 Å². The lowest BCUT2D eigenvalue weighted by Crippen LogP contribution is -2.48. The van der Waals surface area contributed by atoms with Gasteiger partial charge < -0.3 is 32.3 Å². The van der Waals surface area contributed by atoms with E-state index in [0.29, 0.717) is 28.0 Å². The van der Waals surface area contributed by atoms with E-state index in [1.807, 2.05) is 0 Å². The van der Waals surface area contributed by atoms with Gasteiger partial charge in [-0.15, -0.1) is 0 Å². The molecule has 5 rings (SSSR count). The average Bonchev–Trinajstić information content (AvgIpc) is 3.68. The Kier molecular flexibility index (Phi) is 8.44. The third kappa shape index (κ3) is 6.37. The van der Waals surface area contributed by atoms with E-state index in [0.717, 1.165) is 49.0 Å². The standard InChI is InChI=1S/C21H26ClN7S.C4H4O4/c22-16-14(4-8-26-18(16)24)30-20-19(25)28-15(11-27-20)29-9-6-21(7-10-29)5-3-13(17(21)23)12-1-2-12;5-3(6)1-2-4(7)8/h3-4,8,11-12,17H,1-2,5-7,9-10,23H2,(H2,24,26)(H2,25,28);1-2H,(H,5,6)(H,7,8)/b;2-1-. The average molecular weight is 560 g/mol. The molecule has 0 bridgehead atoms. The molecule has 0 radical (unpaired) electrons. The second-order valence-electron chi connectivity index (χ2n) is 9.55. The van der Waals surface area contributed by atoms with Crippen molar-refractivity contribution < 1.29 is 19.8 Å². The predicted octanol–water partition coefficient (Wildman–Crippen LogP) is 3.21. The van der Waals surface area contributed by atoms with Gasteiger partial charge in [0.1, 0.15) is 16.7 Å². The van der Waals surface area contributed by atoms with E-state index in [2.05, 4.69) is 25.9 Å². The molecule has 2 fully saturated rings. The Hall–Kier alpha value is -3.35. The predicted molar refractivity (Wildman–Crippen MR) is 146 cm³/mol. The second-order valence-corrected chi connectivity index (χ2v) is 11.0. The first kappa shape index (κ1) is 27.7. The molecule has 2 aromatic rings. The van der Waals surface area contributed by atoms with E-state index in [1.54, 1.807) is 18.5 Å². The molecule has 3 heterocycles. The summed E-state index contributed by atoms with van der Waals surface area (Å²) in [6, 6.07) is 2.01. The summed E-state index contributed by atoms with van der Waals surface area (Å²) in [4.78, 5) is 35.3. The van der Waals surface area contributed by atoms with Crippen LogP contribution in [-0.4, -0.2) is 56.2 Å². The zero-order chi connectivity index (χ0) is 27.4. The number of nitrogens with two attached hydrogens (primary N) is 3. The summed E-state index contributed by atoms with van der Waals surface area (Å²) >= 11 is 7.58. The summed E-state index contributed by atoms with van der Waals surface area (Å²) in [5.41, 5.74) is 20.4. The summed E-state index contributed by atoms with van der Waals surface area (Å²) in [5, 5.41) is 16.6. The van der Waals surface area contributed by atoms with Crippen molar-refractivity contribution in [2.24, 2.45) is 17.1 Å². The zero-order valence-electron chi connectivity index (χ0n) is 20.6. The van der Waals surface area contributed by atoms with Gasteiger partial charge in [-0.25, -0.2) is 24.5 Å². The summed E-state index contributed by atoms with van der Waals surface area (Å²) in [5.74, 6) is -0.262. The molecule has 1 aliphatic heterocycles. The van der Waals surface area contributed by atoms with Crippen LogP contribution >= 0.6 is 23.4 Å². The number of anilines is 3. The van der Waals surface area contributed by atoms with Gasteiger partial charge in [0.05, 0.1) is 11.2 Å². The van der Waals surface area contributed by atoms with Crippen LogP contribution in [-0.2, 0) is 9.59 Å². The number of carbonyl (C=O) groups is 2. The van der Waals surface area contributed by atoms with Crippen molar-refractivity contribution in [3.63, 3.8) is 0 Å². The van der Waals surface area contributed by atoms with Gasteiger partial charge >= 0.3 is 11.9 Å². The van der Waals surface area contributed by atoms with E-state index < -0.39 is 11.9 Å². The number of hydrogen-bond acceptors (Lipinski definition) is 10. The van der Waals surface area contributed by atoms with Crippen LogP contribution in [0, 0.1) is 11.3 Å². The van der Waals surface area contributed by atoms with Crippen molar-refractivity contribution in [2.45, 2.75) is 48.1 Å². The van der Waals surface area contributed by atoms with Crippen LogP contribution in [0.5, 0.6) is 0 Å². The molecule has 3 aliphatic rings. The number of aromatic nitrogens is 3. The molecule has 0 amide bonds. The number of hydrogen-bond donors (Lipinski definition) is 5. The first-order valence-corrected chi connectivity index (χ1v) is 13.3. The van der Waals surface area contributed by atoms with E-state index in [-0.39, 0.29) is 17.3 Å². The number of halogens is 1. The smallest absolute Gasteiger partial charge is 0.328 e. The lowest BCUT2D eigenvalue weighted by Gasteiger charge is -2.43. The highest BCUT2D eigenvalue weighted by Gasteiger charge is 2.47. The largest absolute Gasteiger partial charge is 0.478 e. The van der Waals surface area contributed by atoms with Crippen molar-refractivity contribution in [2.75, 3.05) is 29.5 Å². The maximum atomic E-state index is 9.55. The lowest BCUT2D eigenvalue weighted by atomic mass is 9.72. The minimum atomic E-state index is -1.26. The van der Waals surface area contributed by atoms with Crippen molar-refractivity contribution in [3.05, 3.63) is 47.3 Å². The summed E-state index contributed by atoms with van der Waals surface area (Å²) in [6.45, 7) is 1.85. The number of rotatable bonds is 6. The molecule has 13 heteroatoms. The minimum absolute atomic E-state index is 0.222. The molecule has 0 aromatic carbocycles. The highest BCUT2D eigenvalue weighted by Crippen LogP contribution is 2.51. The molecule has 202 valence electrons. The highest BCUT2D eigenvalue weighted by molar-refractivity contribution is 7.99. The molecule has 8 N–H and O–H groups in total. The summed E-state index contributed by atoms with van der Waals surface area (Å²) < 4.78 is 0. The maximum absolute atomic E-state index is 9.55. The fraction of sp³-hybridized carbons (Fsp3) is 0.400. The van der Waals surface area contributed by atoms with Crippen LogP contribution in [0.3, 0.4) is 0 Å². The number of carboxylic acids is 2. The molecular formula is C25H30ClN7O4S. The van der Waals surface area contributed by atoms with Gasteiger partial charge in [-0.1, -0.05) is 35.0 Å². The van der Waals surface area contributed by atoms with Gasteiger partial charge in [0.2, 0.25) is 0 Å². The molecule has 11 nitrogen and oxygen atoms in total. The van der Waals surface area contributed by atoms with Crippen LogP contribution in [0.1, 0.15) is 32.1 Å². The van der Waals surface area contributed by atoms with Crippen molar-refractivity contribution in [1.82, 2.24) is 15.0 Å². The van der Waals surface area contributed by atoms with Crippen LogP contribution in [0.2, 0.25) is 5.02 Å². The number of allylic oxidation sites excluding steroid dienone is 1. The first-order valence-electron chi connectivity index (χ1n) is 12.1. The van der Waals surface area contributed by atoms with Gasteiger partial charge in [-0.3, -0.25) is 0 Å². The number of pyridine rings is 1. The number of piperidine rings is 1. The van der Waals surface area contributed by atoms with E-state index >= 15 is 0 Å². The van der Waals surface area contributed by atoms with Gasteiger partial charge in [-0.2, -0.15) is 0 Å². The molecule has 1 spiro atoms. The third-order valence-electron chi connectivity index (χ3n) is 7.10. The molecule has 1 saturated heterocycles. The first-order chi connectivity index (χ1) is 18.1. The normalized spacial score (nSPS) is 20.2. The van der Waals surface area contributed by atoms with Crippen molar-refractivity contribution in [1.29, 1.82) is 0 Å². The van der Waals surface area contributed by atoms with Crippen LogP contribution < -0.4 is 22.1 Å². The molecule has 2 aliphatic carbocycles. The highest BCUT2D eigenvalue weighted by atomic mass is 35.5. The Bertz CT molecular complexity index is 1260. The SMILES string of the molecule is Nc1nc(N2CCC3(CC=C(C4CC4)C3N)CC2)cnc1Sc1ccnc(N)c1Cl.O=C(O)/C=C\C(=O)O. The number of carboxylic acid groups (broad SMARTS) is 2. The van der Waals surface area contributed by atoms with Crippen molar-refractivity contribution >= 4 is 52.8 Å². The lowest BCUT2D eigenvalue weighted by molar-refractivity contribution is -0.134. The molecular weight excluding hydrogens is 530 g/mol. The minimum Gasteiger partial charge on any atom is -0.478 e. The van der Waals surface area contributed by atoms with Gasteiger partial charge in [0, 0.05) is 42.4 Å². The van der Waals surface area contributed by atoms with Gasteiger partial charge in [0.15, 0.2) is 5.82 Å².